The molecule has 2 aromatic rings. The predicted octanol–water partition coefficient (Wildman–Crippen LogP) is 8.44. The zero-order valence-corrected chi connectivity index (χ0v) is 32.5. The Morgan fingerprint density at radius 2 is 1.79 bits per heavy atom. The number of likely N-dealkylation sites (N-methyl/N-ethyl adjacent to an activating group) is 1. The van der Waals surface area contributed by atoms with Crippen molar-refractivity contribution in [3.63, 3.8) is 0 Å². The summed E-state index contributed by atoms with van der Waals surface area (Å²) in [6, 6.07) is 11.6. The molecule has 0 aliphatic heterocycles. The number of carbonyl (C=O) groups excluding carboxylic acids is 1. The van der Waals surface area contributed by atoms with Crippen LogP contribution < -0.4 is 5.32 Å². The average Bonchev–Trinajstić information content (AvgIpc) is 3.07. The molecule has 0 saturated heterocycles. The van der Waals surface area contributed by atoms with Gasteiger partial charge in [0.1, 0.15) is 6.29 Å². The van der Waals surface area contributed by atoms with Crippen LogP contribution in [0.1, 0.15) is 89.8 Å². The van der Waals surface area contributed by atoms with E-state index in [9.17, 15) is 18.3 Å². The highest BCUT2D eigenvalue weighted by atomic mass is 32.7. The number of aldehydes is 1. The van der Waals surface area contributed by atoms with Crippen LogP contribution in [0, 0.1) is 6.92 Å². The number of allylic oxidation sites excluding steroid dienone is 6. The van der Waals surface area contributed by atoms with Crippen LogP contribution in [0.25, 0.3) is 11.1 Å². The Bertz CT molecular complexity index is 1430. The van der Waals surface area contributed by atoms with E-state index in [1.807, 2.05) is 64.1 Å². The Morgan fingerprint density at radius 1 is 1.09 bits per heavy atom. The van der Waals surface area contributed by atoms with Crippen molar-refractivity contribution >= 4 is 37.0 Å². The summed E-state index contributed by atoms with van der Waals surface area (Å²) < 4.78 is 28.4. The van der Waals surface area contributed by atoms with Gasteiger partial charge < -0.3 is 15.2 Å². The van der Waals surface area contributed by atoms with Gasteiger partial charge in [-0.05, 0) is 120 Å². The van der Waals surface area contributed by atoms with Gasteiger partial charge in [0.2, 0.25) is 10.0 Å². The van der Waals surface area contributed by atoms with Gasteiger partial charge in [-0.25, -0.2) is 8.42 Å². The number of aryl methyl sites for hydroxylation is 3. The predicted molar refractivity (Wildman–Crippen MR) is 208 cm³/mol. The molecule has 6 nitrogen and oxygen atoms in total. The third-order valence-corrected chi connectivity index (χ3v) is 10.2. The van der Waals surface area contributed by atoms with E-state index in [4.69, 9.17) is 0 Å². The first-order valence-electron chi connectivity index (χ1n) is 16.6. The molecule has 9 heteroatoms. The average molecular weight is 703 g/mol. The number of β-amino-alcohol motifs (C(OH)–C–C–N with tert-alkyl or cyclic N) is 1. The Balaban J connectivity index is 0.00000171. The molecule has 0 bridgehead atoms. The van der Waals surface area contributed by atoms with Crippen molar-refractivity contribution in [2.75, 3.05) is 20.1 Å². The van der Waals surface area contributed by atoms with Crippen molar-refractivity contribution in [3.05, 3.63) is 89.0 Å². The van der Waals surface area contributed by atoms with Gasteiger partial charge in [0, 0.05) is 32.1 Å². The van der Waals surface area contributed by atoms with Gasteiger partial charge in [-0.1, -0.05) is 75.6 Å². The minimum absolute atomic E-state index is 0.00928. The van der Waals surface area contributed by atoms with Crippen molar-refractivity contribution in [2.24, 2.45) is 0 Å². The topological polar surface area (TPSA) is 86.7 Å². The smallest absolute Gasteiger partial charge is 0.243 e. The van der Waals surface area contributed by atoms with Gasteiger partial charge in [-0.2, -0.15) is 16.6 Å². The van der Waals surface area contributed by atoms with E-state index in [2.05, 4.69) is 64.1 Å². The molecule has 0 fully saturated rings. The molecule has 0 aromatic heterocycles. The molecular weight excluding hydrogens is 644 g/mol. The maximum absolute atomic E-state index is 13.6. The van der Waals surface area contributed by atoms with E-state index in [0.29, 0.717) is 25.8 Å². The lowest BCUT2D eigenvalue weighted by molar-refractivity contribution is -0.107. The zero-order chi connectivity index (χ0) is 35.5. The van der Waals surface area contributed by atoms with Crippen molar-refractivity contribution in [3.8, 4) is 11.1 Å². The van der Waals surface area contributed by atoms with Gasteiger partial charge in [-0.3, -0.25) is 0 Å². The Morgan fingerprint density at radius 3 is 2.36 bits per heavy atom. The minimum atomic E-state index is -3.78. The molecule has 0 spiro atoms. The first kappa shape index (κ1) is 43.0. The van der Waals surface area contributed by atoms with E-state index >= 15 is 0 Å². The fraction of sp³-hybridized carbons (Fsp3) is 0.500. The molecule has 2 aromatic carbocycles. The third-order valence-electron chi connectivity index (χ3n) is 8.24. The van der Waals surface area contributed by atoms with Gasteiger partial charge >= 0.3 is 0 Å². The zero-order valence-electron chi connectivity index (χ0n) is 29.6. The van der Waals surface area contributed by atoms with E-state index in [0.717, 1.165) is 66.2 Å². The summed E-state index contributed by atoms with van der Waals surface area (Å²) in [6.07, 6.45) is 18.0. The third kappa shape index (κ3) is 14.9. The SMILES string of the molecule is C/C=C\C.CCc1cc(-c2ccc(CCC=O)cc2C)ccc1S(=O)(=O)N(C)CC(O)CNC(C)(C)CCCC1=CCCC=C1.PS. The molecule has 1 aliphatic rings. The summed E-state index contributed by atoms with van der Waals surface area (Å²) in [4.78, 5) is 11.0. The van der Waals surface area contributed by atoms with E-state index in [1.165, 1.54) is 16.9 Å². The van der Waals surface area contributed by atoms with Crippen LogP contribution in [0.5, 0.6) is 0 Å². The normalized spacial score (nSPS) is 13.8. The van der Waals surface area contributed by atoms with Crippen molar-refractivity contribution in [1.29, 1.82) is 0 Å². The number of hydrogen-bond acceptors (Lipinski definition) is 6. The van der Waals surface area contributed by atoms with Crippen molar-refractivity contribution in [1.82, 2.24) is 9.62 Å². The molecule has 3 rings (SSSR count). The van der Waals surface area contributed by atoms with Crippen LogP contribution in [0.3, 0.4) is 0 Å². The summed E-state index contributed by atoms with van der Waals surface area (Å²) in [5.41, 5.74) is 6.19. The number of nitrogens with one attached hydrogen (secondary N) is 1. The number of benzene rings is 2. The molecule has 0 saturated carbocycles. The van der Waals surface area contributed by atoms with Gasteiger partial charge in [0.25, 0.3) is 0 Å². The molecule has 0 radical (unpaired) electrons. The Kier molecular flexibility index (Phi) is 20.6. The number of thiol groups is 1. The Hall–Kier alpha value is -2.06. The van der Waals surface area contributed by atoms with Gasteiger partial charge in [-0.15, -0.1) is 0 Å². The summed E-state index contributed by atoms with van der Waals surface area (Å²) in [5.74, 6) is 0. The Labute approximate surface area is 293 Å². The maximum Gasteiger partial charge on any atom is 0.243 e. The monoisotopic (exact) mass is 702 g/mol. The van der Waals surface area contributed by atoms with Crippen LogP contribution in [0.2, 0.25) is 0 Å². The van der Waals surface area contributed by atoms with Crippen LogP contribution in [0.4, 0.5) is 0 Å². The standard InChI is InChI=1S/C34H48N2O4S.C4H8.H3PS/c1-6-29-23-30(32-18-16-28(15-11-21-37)22-26(32)2)17-19-33(29)41(39,40)36(5)25-31(38)24-35-34(3,4)20-10-14-27-12-8-7-9-13-27;1-3-4-2;1-2/h8,12-13,16-19,21-23,31,35,38H,6-7,9-11,14-15,20,24-25H2,1-5H3;3-4H,1-2H3;2H,1H2/b;4-3-;. The minimum Gasteiger partial charge on any atom is -0.390 e. The molecule has 262 valence electrons. The summed E-state index contributed by atoms with van der Waals surface area (Å²) in [7, 11) is -0.140. The lowest BCUT2D eigenvalue weighted by Crippen LogP contribution is -2.46. The largest absolute Gasteiger partial charge is 0.390 e. The molecule has 47 heavy (non-hydrogen) atoms. The van der Waals surface area contributed by atoms with E-state index in [1.54, 1.807) is 6.07 Å². The number of aliphatic hydroxyl groups is 1. The summed E-state index contributed by atoms with van der Waals surface area (Å²) in [5, 5.41) is 14.2. The van der Waals surface area contributed by atoms with Crippen LogP contribution in [-0.2, 0) is 27.7 Å². The quantitative estimate of drug-likeness (QED) is 0.0708. The highest BCUT2D eigenvalue weighted by Crippen LogP contribution is 2.30. The first-order chi connectivity index (χ1) is 22.4. The number of rotatable bonds is 16. The summed E-state index contributed by atoms with van der Waals surface area (Å²) >= 11 is 3.44. The van der Waals surface area contributed by atoms with E-state index in [-0.39, 0.29) is 17.0 Å². The molecule has 1 aliphatic carbocycles. The highest BCUT2D eigenvalue weighted by Gasteiger charge is 2.27. The first-order valence-corrected chi connectivity index (χ1v) is 20.1. The van der Waals surface area contributed by atoms with Crippen LogP contribution in [0.15, 0.2) is 77.2 Å². The maximum atomic E-state index is 13.6. The van der Waals surface area contributed by atoms with Gasteiger partial charge in [0.15, 0.2) is 0 Å². The molecular formula is C38H59N2O4PS2. The molecule has 0 amide bonds. The molecule has 2 atom stereocenters. The summed E-state index contributed by atoms with van der Waals surface area (Å²) in [6.45, 7) is 12.6. The van der Waals surface area contributed by atoms with Gasteiger partial charge in [0.05, 0.1) is 11.0 Å². The molecule has 2 unspecified atom stereocenters. The lowest BCUT2D eigenvalue weighted by atomic mass is 9.94. The second-order valence-electron chi connectivity index (χ2n) is 12.5. The second-order valence-corrected chi connectivity index (χ2v) is 14.5. The lowest BCUT2D eigenvalue weighted by Gasteiger charge is -2.29. The number of sulfonamides is 1. The molecule has 0 heterocycles. The van der Waals surface area contributed by atoms with Crippen molar-refractivity contribution < 1.29 is 18.3 Å². The number of hydrogen-bond donors (Lipinski definition) is 3. The fourth-order valence-corrected chi connectivity index (χ4v) is 6.88. The van der Waals surface area contributed by atoms with Crippen molar-refractivity contribution in [2.45, 2.75) is 109 Å². The number of carbonyl (C=O) groups is 1. The van der Waals surface area contributed by atoms with Crippen LogP contribution in [-0.4, -0.2) is 55.9 Å². The molecule has 2 N–H and O–H groups in total. The number of aliphatic hydroxyl groups excluding tert-OH is 1. The van der Waals surface area contributed by atoms with E-state index < -0.39 is 16.1 Å². The highest BCUT2D eigenvalue weighted by molar-refractivity contribution is 8.31. The second kappa shape index (κ2) is 22.6. The fourth-order valence-electron chi connectivity index (χ4n) is 5.40. The number of nitrogens with zero attached hydrogens (tertiary/aromatic N) is 1. The van der Waals surface area contributed by atoms with Crippen LogP contribution >= 0.6 is 20.7 Å².